The Labute approximate surface area is 158 Å². The van der Waals surface area contributed by atoms with Crippen molar-refractivity contribution in [2.75, 3.05) is 6.61 Å². The van der Waals surface area contributed by atoms with Crippen molar-refractivity contribution in [1.82, 2.24) is 0 Å². The first-order valence-corrected chi connectivity index (χ1v) is 8.73. The van der Waals surface area contributed by atoms with Crippen molar-refractivity contribution in [3.05, 3.63) is 96.1 Å². The first-order valence-electron chi connectivity index (χ1n) is 8.73. The van der Waals surface area contributed by atoms with E-state index in [-0.39, 0.29) is 11.5 Å². The average Bonchev–Trinajstić information content (AvgIpc) is 2.69. The summed E-state index contributed by atoms with van der Waals surface area (Å²) in [6.07, 6.45) is 1.87. The lowest BCUT2D eigenvalue weighted by molar-refractivity contribution is 0.330. The molecule has 3 aromatic rings. The maximum absolute atomic E-state index is 9.61. The van der Waals surface area contributed by atoms with E-state index in [4.69, 9.17) is 4.74 Å². The van der Waals surface area contributed by atoms with Crippen molar-refractivity contribution in [3.8, 4) is 11.5 Å². The molecule has 27 heavy (non-hydrogen) atoms. The third-order valence-corrected chi connectivity index (χ3v) is 3.91. The summed E-state index contributed by atoms with van der Waals surface area (Å²) in [6.45, 7) is 2.40. The van der Waals surface area contributed by atoms with Crippen molar-refractivity contribution in [2.24, 2.45) is 4.99 Å². The van der Waals surface area contributed by atoms with Gasteiger partial charge in [-0.3, -0.25) is 0 Å². The molecule has 0 aliphatic carbocycles. The van der Waals surface area contributed by atoms with Crippen LogP contribution in [0.25, 0.3) is 5.57 Å². The maximum atomic E-state index is 9.61. The summed E-state index contributed by atoms with van der Waals surface area (Å²) in [4.78, 5) is 4.59. The second-order valence-corrected chi connectivity index (χ2v) is 5.87. The van der Waals surface area contributed by atoms with Crippen LogP contribution in [0.1, 0.15) is 18.1 Å². The van der Waals surface area contributed by atoms with Gasteiger partial charge >= 0.3 is 0 Å². The smallest absolute Gasteiger partial charge is 0.214 e. The molecular weight excluding hydrogens is 338 g/mol. The molecule has 0 saturated heterocycles. The highest BCUT2D eigenvalue weighted by atomic mass is 16.5. The minimum atomic E-state index is 0.201. The van der Waals surface area contributed by atoms with Gasteiger partial charge in [-0.2, -0.15) is 0 Å². The topological polar surface area (TPSA) is 62.0 Å². The van der Waals surface area contributed by atoms with E-state index in [0.29, 0.717) is 12.5 Å². The van der Waals surface area contributed by atoms with Crippen molar-refractivity contribution in [1.29, 1.82) is 0 Å². The highest BCUT2D eigenvalue weighted by molar-refractivity contribution is 6.00. The summed E-state index contributed by atoms with van der Waals surface area (Å²) >= 11 is 0. The molecule has 136 valence electrons. The van der Waals surface area contributed by atoms with Crippen LogP contribution >= 0.6 is 0 Å². The summed E-state index contributed by atoms with van der Waals surface area (Å²) < 4.78 is 5.74. The predicted octanol–water partition coefficient (Wildman–Crippen LogP) is 5.30. The summed E-state index contributed by atoms with van der Waals surface area (Å²) in [7, 11) is 0. The third kappa shape index (κ3) is 4.98. The molecular formula is C23H21NO3. The van der Waals surface area contributed by atoms with Gasteiger partial charge in [-0.05, 0) is 60.0 Å². The molecule has 4 nitrogen and oxygen atoms in total. The molecule has 0 heterocycles. The Hall–Kier alpha value is -3.53. The monoisotopic (exact) mass is 359 g/mol. The van der Waals surface area contributed by atoms with E-state index in [2.05, 4.69) is 4.99 Å². The molecule has 0 unspecified atom stereocenters. The average molecular weight is 359 g/mol. The van der Waals surface area contributed by atoms with E-state index in [0.717, 1.165) is 22.4 Å². The number of para-hydroxylation sites is 1. The lowest BCUT2D eigenvalue weighted by Crippen LogP contribution is -2.03. The van der Waals surface area contributed by atoms with Crippen LogP contribution in [0.3, 0.4) is 0 Å². The molecule has 0 saturated carbocycles. The number of rotatable bonds is 5. The molecule has 3 aromatic carbocycles. The zero-order valence-electron chi connectivity index (χ0n) is 15.0. The van der Waals surface area contributed by atoms with Crippen LogP contribution in [0.4, 0.5) is 5.69 Å². The first kappa shape index (κ1) is 18.3. The Morgan fingerprint density at radius 3 is 1.81 bits per heavy atom. The Morgan fingerprint density at radius 1 is 0.815 bits per heavy atom. The molecule has 0 aliphatic rings. The Bertz CT molecular complexity index is 880. The van der Waals surface area contributed by atoms with E-state index < -0.39 is 0 Å². The lowest BCUT2D eigenvalue weighted by atomic mass is 9.97. The number of hydrogen-bond donors (Lipinski definition) is 2. The fourth-order valence-corrected chi connectivity index (χ4v) is 2.62. The number of aromatic hydroxyl groups is 2. The van der Waals surface area contributed by atoms with E-state index in [9.17, 15) is 10.2 Å². The molecule has 0 aliphatic heterocycles. The largest absolute Gasteiger partial charge is 0.508 e. The molecule has 4 heteroatoms. The number of nitrogens with zero attached hydrogens (tertiary/aromatic N) is 1. The van der Waals surface area contributed by atoms with Gasteiger partial charge in [-0.15, -0.1) is 0 Å². The number of phenols is 2. The van der Waals surface area contributed by atoms with Gasteiger partial charge < -0.3 is 14.9 Å². The van der Waals surface area contributed by atoms with Gasteiger partial charge in [0.05, 0.1) is 12.3 Å². The van der Waals surface area contributed by atoms with E-state index in [1.165, 1.54) is 0 Å². The van der Waals surface area contributed by atoms with E-state index in [1.54, 1.807) is 24.3 Å². The zero-order valence-corrected chi connectivity index (χ0v) is 15.0. The number of phenolic OH excluding ortho intramolecular Hbond substituents is 2. The van der Waals surface area contributed by atoms with Gasteiger partial charge in [0, 0.05) is 6.08 Å². The van der Waals surface area contributed by atoms with E-state index in [1.807, 2.05) is 67.6 Å². The Balaban J connectivity index is 2.10. The van der Waals surface area contributed by atoms with Gasteiger partial charge in [0.25, 0.3) is 0 Å². The first-order chi connectivity index (χ1) is 13.2. The molecule has 3 rings (SSSR count). The number of hydrogen-bond acceptors (Lipinski definition) is 4. The van der Waals surface area contributed by atoms with Gasteiger partial charge in [0.15, 0.2) is 0 Å². The second-order valence-electron chi connectivity index (χ2n) is 5.87. The quantitative estimate of drug-likeness (QED) is 0.480. The van der Waals surface area contributed by atoms with Crippen LogP contribution in [0.15, 0.2) is 89.9 Å². The fraction of sp³-hybridized carbons (Fsp3) is 0.0870. The van der Waals surface area contributed by atoms with Crippen LogP contribution in [0, 0.1) is 0 Å². The third-order valence-electron chi connectivity index (χ3n) is 3.91. The van der Waals surface area contributed by atoms with Crippen LogP contribution in [-0.2, 0) is 4.74 Å². The molecule has 0 fully saturated rings. The van der Waals surface area contributed by atoms with Crippen LogP contribution in [0.2, 0.25) is 0 Å². The molecule has 0 atom stereocenters. The standard InChI is InChI=1S/C23H21NO3/c1-2-27-23(24-19-6-4-3-5-7-19)16-22(17-8-12-20(25)13-9-17)18-10-14-21(26)15-11-18/h3-16,25-26H,2H2,1H3. The molecule has 0 radical (unpaired) electrons. The summed E-state index contributed by atoms with van der Waals surface area (Å²) in [5.41, 5.74) is 3.48. The fourth-order valence-electron chi connectivity index (χ4n) is 2.62. The lowest BCUT2D eigenvalue weighted by Gasteiger charge is -2.11. The van der Waals surface area contributed by atoms with Crippen LogP contribution in [0.5, 0.6) is 11.5 Å². The number of aliphatic imine (C=N–C) groups is 1. The summed E-state index contributed by atoms with van der Waals surface area (Å²) in [5.74, 6) is 0.887. The normalized spacial score (nSPS) is 11.1. The highest BCUT2D eigenvalue weighted by Crippen LogP contribution is 2.27. The van der Waals surface area contributed by atoms with E-state index >= 15 is 0 Å². The van der Waals surface area contributed by atoms with Crippen LogP contribution in [-0.4, -0.2) is 22.7 Å². The minimum absolute atomic E-state index is 0.201. The zero-order chi connectivity index (χ0) is 19.1. The minimum Gasteiger partial charge on any atom is -0.508 e. The van der Waals surface area contributed by atoms with Gasteiger partial charge in [0.2, 0.25) is 5.90 Å². The molecule has 0 spiro atoms. The van der Waals surface area contributed by atoms with Crippen molar-refractivity contribution in [3.63, 3.8) is 0 Å². The van der Waals surface area contributed by atoms with Crippen molar-refractivity contribution >= 4 is 17.2 Å². The molecule has 0 amide bonds. The maximum Gasteiger partial charge on any atom is 0.214 e. The predicted molar refractivity (Wildman–Crippen MR) is 108 cm³/mol. The van der Waals surface area contributed by atoms with Gasteiger partial charge in [0.1, 0.15) is 11.5 Å². The summed E-state index contributed by atoms with van der Waals surface area (Å²) in [5, 5.41) is 19.2. The molecule has 0 aromatic heterocycles. The Morgan fingerprint density at radius 2 is 1.33 bits per heavy atom. The molecule has 0 bridgehead atoms. The van der Waals surface area contributed by atoms with Gasteiger partial charge in [-0.1, -0.05) is 42.5 Å². The number of ether oxygens (including phenoxy) is 1. The number of benzene rings is 3. The Kier molecular flexibility index (Phi) is 5.90. The van der Waals surface area contributed by atoms with Crippen LogP contribution < -0.4 is 0 Å². The molecule has 2 N–H and O–H groups in total. The highest BCUT2D eigenvalue weighted by Gasteiger charge is 2.09. The SMILES string of the molecule is CCOC(C=C(c1ccc(O)cc1)c1ccc(O)cc1)=Nc1ccccc1. The van der Waals surface area contributed by atoms with Gasteiger partial charge in [-0.25, -0.2) is 4.99 Å². The summed E-state index contributed by atoms with van der Waals surface area (Å²) in [6, 6.07) is 23.5. The van der Waals surface area contributed by atoms with Crippen molar-refractivity contribution in [2.45, 2.75) is 6.92 Å². The second kappa shape index (κ2) is 8.72. The van der Waals surface area contributed by atoms with Crippen molar-refractivity contribution < 1.29 is 14.9 Å².